The van der Waals surface area contributed by atoms with E-state index in [4.69, 9.17) is 4.79 Å². The van der Waals surface area contributed by atoms with Crippen molar-refractivity contribution in [3.05, 3.63) is 210 Å². The van der Waals surface area contributed by atoms with Gasteiger partial charge in [-0.15, -0.1) is 0 Å². The molecule has 0 saturated heterocycles. The second-order valence-electron chi connectivity index (χ2n) is 19.5. The summed E-state index contributed by atoms with van der Waals surface area (Å²) >= 11 is 0. The van der Waals surface area contributed by atoms with Gasteiger partial charge in [0.1, 0.15) is 45.0 Å². The number of likely N-dealkylation sites (N-methyl/N-ethyl adjacent to an activating group) is 2. The number of nitrogens with zero attached hydrogens (tertiary/aromatic N) is 6. The van der Waals surface area contributed by atoms with Crippen LogP contribution in [-0.2, 0) is 59.2 Å². The molecule has 0 fully saturated rings. The zero-order valence-electron chi connectivity index (χ0n) is 55.6. The predicted molar refractivity (Wildman–Crippen MR) is 391 cm³/mol. The van der Waals surface area contributed by atoms with E-state index in [-0.39, 0.29) is 52.9 Å². The number of aldehydes is 2. The van der Waals surface area contributed by atoms with E-state index in [2.05, 4.69) is 20.3 Å². The number of aryl methyl sites for hydroxylation is 3. The lowest BCUT2D eigenvalue weighted by Crippen LogP contribution is -2.29. The van der Waals surface area contributed by atoms with Gasteiger partial charge < -0.3 is 10.1 Å². The fourth-order valence-corrected chi connectivity index (χ4v) is 12.4. The molecule has 1 N–H and O–H groups in total. The van der Waals surface area contributed by atoms with E-state index >= 15 is 0 Å². The maximum Gasteiger partial charge on any atom is 0.258 e. The Kier molecular flexibility index (Phi) is 47.2. The maximum absolute atomic E-state index is 11.8. The molecule has 19 nitrogen and oxygen atoms in total. The standard InChI is InChI=1S/C15H15NOS2.C11H9NO2.C10H13NOS2.C9H11NOS2.C8H8O.C6H7NO2.C5H5NO2.C5H11NO.C2H4O/c1-12-5-7-13(8-6-12)10-14(17)11-18-19-15-4-2-3-9-16-15;1-8-2-4-9(5-3-8)12-10(13)6-7-11(12)14;1-2-5-9(12)8-13-14-10-6-3-4-7-11-10;1-2-8(11)7-12-13-9-5-3-4-6-10-9;1-7-2-4-8(6-9)5-3-7;1-2-7-5(8)3-4-6(7)9;1-6-4(7)2-3-5(6)8;1-3-5(7)6-4-2;1-2-3/h2-9H,10-11H2,1H3;2-7H,1H3;3-4,6-7H,2,5,8H2,1H3;3-6H,2,7H2,1H3;2-6H,1H3;3-4H,2H2,1H3;2-3H,1H3;3-4H2,1-2H3,(H,6,7);2H,1H3. The second kappa shape index (κ2) is 52.9. The Bertz CT molecular complexity index is 3400. The highest BCUT2D eigenvalue weighted by Gasteiger charge is 2.25. The largest absolute Gasteiger partial charge is 0.356 e. The number of carbonyl (C=O) groups excluding carboxylic acids is 12. The Balaban J connectivity index is 0.000000555. The molecule has 3 aliphatic heterocycles. The Morgan fingerprint density at radius 2 is 0.865 bits per heavy atom. The number of aromatic nitrogens is 3. The van der Waals surface area contributed by atoms with Crippen molar-refractivity contribution in [2.75, 3.05) is 42.3 Å². The number of hydrogen-bond donors (Lipinski definition) is 1. The number of ketones is 3. The first-order chi connectivity index (χ1) is 46.1. The molecule has 0 radical (unpaired) electrons. The Morgan fingerprint density at radius 1 is 0.479 bits per heavy atom. The lowest BCUT2D eigenvalue weighted by Gasteiger charge is -2.13. The van der Waals surface area contributed by atoms with Crippen molar-refractivity contribution in [1.82, 2.24) is 30.1 Å². The molecule has 3 aromatic heterocycles. The van der Waals surface area contributed by atoms with Gasteiger partial charge in [-0.2, -0.15) is 0 Å². The molecule has 25 heteroatoms. The van der Waals surface area contributed by atoms with Crippen molar-refractivity contribution in [3.63, 3.8) is 0 Å². The SMILES string of the molecule is CC=O.CCC(=O)CSSc1ccccn1.CCCC(=O)CSSc1ccccn1.CCN1C(=O)C=CC1=O.CCNC(=O)CC.CN1C(=O)C=CC1=O.Cc1ccc(C=O)cc1.Cc1ccc(CC(=O)CSSc2ccccn2)cc1.Cc1ccc(N2C(=O)C=CC2=O)cc1. The summed E-state index contributed by atoms with van der Waals surface area (Å²) in [4.78, 5) is 144. The normalized spacial score (nSPS) is 11.9. The molecule has 7 amide bonds. The summed E-state index contributed by atoms with van der Waals surface area (Å²) in [5, 5.41) is 5.51. The van der Waals surface area contributed by atoms with Gasteiger partial charge in [0.05, 0.1) is 22.9 Å². The van der Waals surface area contributed by atoms with Crippen molar-refractivity contribution in [1.29, 1.82) is 0 Å². The summed E-state index contributed by atoms with van der Waals surface area (Å²) < 4.78 is 0. The van der Waals surface area contributed by atoms with E-state index in [9.17, 15) is 52.7 Å². The molecule has 3 aliphatic rings. The molecule has 0 aliphatic carbocycles. The first-order valence-corrected chi connectivity index (χ1v) is 37.1. The van der Waals surface area contributed by atoms with Gasteiger partial charge in [0.25, 0.3) is 35.4 Å². The molecule has 0 saturated carbocycles. The topological polar surface area (TPSA) is 265 Å². The molecule has 0 unspecified atom stereocenters. The second-order valence-corrected chi connectivity index (χ2v) is 26.4. The Labute approximate surface area is 587 Å². The molecule has 9 rings (SSSR count). The van der Waals surface area contributed by atoms with Gasteiger partial charge in [0.15, 0.2) is 0 Å². The van der Waals surface area contributed by atoms with E-state index in [1.54, 1.807) is 102 Å². The van der Waals surface area contributed by atoms with Gasteiger partial charge in [-0.1, -0.05) is 149 Å². The predicted octanol–water partition coefficient (Wildman–Crippen LogP) is 13.4. The van der Waals surface area contributed by atoms with Crippen LogP contribution in [0.3, 0.4) is 0 Å². The molecule has 0 spiro atoms. The van der Waals surface area contributed by atoms with Crippen LogP contribution in [0, 0.1) is 20.8 Å². The van der Waals surface area contributed by atoms with Crippen LogP contribution in [0.25, 0.3) is 0 Å². The van der Waals surface area contributed by atoms with Crippen molar-refractivity contribution in [2.45, 2.75) is 109 Å². The summed E-state index contributed by atoms with van der Waals surface area (Å²) in [7, 11) is 10.7. The fourth-order valence-electron chi connectivity index (χ4n) is 6.63. The highest BCUT2D eigenvalue weighted by molar-refractivity contribution is 8.77. The van der Waals surface area contributed by atoms with Gasteiger partial charge >= 0.3 is 0 Å². The summed E-state index contributed by atoms with van der Waals surface area (Å²) in [5.41, 5.74) is 5.94. The molecule has 6 aromatic rings. The molecular formula is C71H83N7O12S6. The van der Waals surface area contributed by atoms with Gasteiger partial charge in [0.2, 0.25) is 5.91 Å². The fraction of sp³-hybridized carbons (Fsp3) is 0.282. The van der Waals surface area contributed by atoms with Crippen LogP contribution in [0.4, 0.5) is 5.69 Å². The van der Waals surface area contributed by atoms with Gasteiger partial charge in [-0.05, 0) is 134 Å². The van der Waals surface area contributed by atoms with E-state index in [0.717, 1.165) is 67.1 Å². The number of pyridine rings is 3. The third-order valence-corrected chi connectivity index (χ3v) is 18.3. The number of hydrogen-bond acceptors (Lipinski definition) is 21. The van der Waals surface area contributed by atoms with Crippen LogP contribution in [0.15, 0.2) is 198 Å². The van der Waals surface area contributed by atoms with Gasteiger partial charge in [0, 0.05) is 106 Å². The summed E-state index contributed by atoms with van der Waals surface area (Å²) in [6.45, 7) is 18.1. The molecule has 3 aromatic carbocycles. The zero-order chi connectivity index (χ0) is 71.5. The number of amides is 7. The first kappa shape index (κ1) is 85.7. The summed E-state index contributed by atoms with van der Waals surface area (Å²) in [5.74, 6) is 1.18. The van der Waals surface area contributed by atoms with Crippen molar-refractivity contribution >= 4 is 142 Å². The van der Waals surface area contributed by atoms with Gasteiger partial charge in [-0.3, -0.25) is 62.5 Å². The highest BCUT2D eigenvalue weighted by atomic mass is 33.1. The number of nitrogens with one attached hydrogen (secondary N) is 1. The minimum Gasteiger partial charge on any atom is -0.356 e. The molecule has 0 bridgehead atoms. The average molecular weight is 1420 g/mol. The maximum atomic E-state index is 11.8. The number of imide groups is 3. The molecular weight excluding hydrogens is 1340 g/mol. The quantitative estimate of drug-likeness (QED) is 0.0376. The van der Waals surface area contributed by atoms with Gasteiger partial charge in [-0.25, -0.2) is 19.9 Å². The van der Waals surface area contributed by atoms with Crippen molar-refractivity contribution in [2.24, 2.45) is 0 Å². The van der Waals surface area contributed by atoms with Crippen LogP contribution in [0.2, 0.25) is 0 Å². The lowest BCUT2D eigenvalue weighted by molar-refractivity contribution is -0.137. The minimum absolute atomic E-state index is 0.127. The molecule has 96 heavy (non-hydrogen) atoms. The van der Waals surface area contributed by atoms with E-state index in [0.29, 0.717) is 61.0 Å². The third-order valence-electron chi connectivity index (χ3n) is 11.7. The zero-order valence-corrected chi connectivity index (χ0v) is 60.5. The van der Waals surface area contributed by atoms with Crippen molar-refractivity contribution in [3.8, 4) is 0 Å². The van der Waals surface area contributed by atoms with Crippen LogP contribution >= 0.6 is 64.8 Å². The Morgan fingerprint density at radius 3 is 1.19 bits per heavy atom. The van der Waals surface area contributed by atoms with Crippen molar-refractivity contribution < 1.29 is 57.5 Å². The monoisotopic (exact) mass is 1420 g/mol. The van der Waals surface area contributed by atoms with E-state index in [1.165, 1.54) is 66.5 Å². The number of benzene rings is 3. The smallest absolute Gasteiger partial charge is 0.258 e. The van der Waals surface area contributed by atoms with Crippen LogP contribution in [0.1, 0.15) is 99.8 Å². The molecule has 0 atom stereocenters. The lowest BCUT2D eigenvalue weighted by atomic mass is 10.1. The Hall–Kier alpha value is -8.33. The van der Waals surface area contributed by atoms with E-state index in [1.807, 2.05) is 164 Å². The van der Waals surface area contributed by atoms with Crippen LogP contribution in [-0.4, -0.2) is 133 Å². The summed E-state index contributed by atoms with van der Waals surface area (Å²) in [6, 6.07) is 40.2. The number of anilines is 1. The average Bonchev–Trinajstić information content (AvgIpc) is 1.74. The number of Topliss-reactive ketones (excluding diaryl/α,β-unsaturated/α-hetero) is 3. The van der Waals surface area contributed by atoms with Crippen LogP contribution < -0.4 is 10.2 Å². The summed E-state index contributed by atoms with van der Waals surface area (Å²) in [6.07, 6.45) is 17.9. The number of carbonyl (C=O) groups is 12. The highest BCUT2D eigenvalue weighted by Crippen LogP contribution is 2.31. The van der Waals surface area contributed by atoms with E-state index < -0.39 is 0 Å². The third kappa shape index (κ3) is 39.5. The number of rotatable bonds is 22. The first-order valence-electron chi connectivity index (χ1n) is 30.2. The molecule has 6 heterocycles. The molecule has 510 valence electrons. The minimum atomic E-state index is -0.279. The van der Waals surface area contributed by atoms with Crippen LogP contribution in [0.5, 0.6) is 0 Å².